The van der Waals surface area contributed by atoms with Gasteiger partial charge in [0.2, 0.25) is 5.91 Å². The second kappa shape index (κ2) is 6.52. The molecule has 0 aliphatic carbocycles. The minimum absolute atomic E-state index is 0.00747. The Morgan fingerprint density at radius 1 is 1.00 bits per heavy atom. The van der Waals surface area contributed by atoms with Crippen LogP contribution in [0.3, 0.4) is 0 Å². The lowest BCUT2D eigenvalue weighted by Crippen LogP contribution is -2.49. The molecule has 2 aromatic rings. The molecule has 0 radical (unpaired) electrons. The van der Waals surface area contributed by atoms with E-state index in [1.165, 1.54) is 0 Å². The van der Waals surface area contributed by atoms with Gasteiger partial charge in [0, 0.05) is 30.9 Å². The summed E-state index contributed by atoms with van der Waals surface area (Å²) < 4.78 is 0. The summed E-state index contributed by atoms with van der Waals surface area (Å²) in [5.74, 6) is -0.466. The number of carbonyl (C=O) groups is 2. The summed E-state index contributed by atoms with van der Waals surface area (Å²) >= 11 is 0. The highest BCUT2D eigenvalue weighted by molar-refractivity contribution is 5.95. The third-order valence-electron chi connectivity index (χ3n) is 3.99. The quantitative estimate of drug-likeness (QED) is 0.943. The minimum atomic E-state index is -0.466. The number of carbonyl (C=O) groups excluding carboxylic acids is 2. The van der Waals surface area contributed by atoms with E-state index in [0.29, 0.717) is 18.7 Å². The zero-order valence-corrected chi connectivity index (χ0v) is 12.8. The highest BCUT2D eigenvalue weighted by atomic mass is 16.2. The van der Waals surface area contributed by atoms with Gasteiger partial charge in [-0.05, 0) is 36.2 Å². The molecule has 1 heterocycles. The first kappa shape index (κ1) is 15.1. The van der Waals surface area contributed by atoms with E-state index in [0.717, 1.165) is 24.2 Å². The molecule has 2 N–H and O–H groups in total. The maximum atomic E-state index is 12.7. The van der Waals surface area contributed by atoms with Crippen molar-refractivity contribution < 1.29 is 9.59 Å². The summed E-state index contributed by atoms with van der Waals surface area (Å²) in [6.07, 6.45) is 0.913. The van der Waals surface area contributed by atoms with Crippen LogP contribution in [0.5, 0.6) is 0 Å². The summed E-state index contributed by atoms with van der Waals surface area (Å²) in [6.45, 7) is 2.04. The van der Waals surface area contributed by atoms with Crippen LogP contribution in [-0.2, 0) is 6.54 Å². The molecule has 0 atom stereocenters. The SMILES string of the molecule is NC(=O)c1ccc(N2CCCN(Cc3ccccc3)C2=O)cc1. The fourth-order valence-electron chi connectivity index (χ4n) is 2.78. The maximum absolute atomic E-state index is 12.7. The number of anilines is 1. The summed E-state index contributed by atoms with van der Waals surface area (Å²) in [6, 6.07) is 16.8. The number of rotatable bonds is 4. The molecular weight excluding hydrogens is 290 g/mol. The van der Waals surface area contributed by atoms with Gasteiger partial charge in [-0.3, -0.25) is 9.69 Å². The normalized spacial score (nSPS) is 14.9. The smallest absolute Gasteiger partial charge is 0.324 e. The van der Waals surface area contributed by atoms with Crippen molar-refractivity contribution in [3.63, 3.8) is 0 Å². The Kier molecular flexibility index (Phi) is 4.28. The van der Waals surface area contributed by atoms with Crippen molar-refractivity contribution in [2.24, 2.45) is 5.73 Å². The fraction of sp³-hybridized carbons (Fsp3) is 0.222. The van der Waals surface area contributed by atoms with Crippen LogP contribution in [0.2, 0.25) is 0 Å². The van der Waals surface area contributed by atoms with E-state index in [-0.39, 0.29) is 6.03 Å². The van der Waals surface area contributed by atoms with Crippen LogP contribution < -0.4 is 10.6 Å². The summed E-state index contributed by atoms with van der Waals surface area (Å²) in [7, 11) is 0. The average molecular weight is 309 g/mol. The van der Waals surface area contributed by atoms with Crippen LogP contribution in [0.1, 0.15) is 22.3 Å². The highest BCUT2D eigenvalue weighted by Gasteiger charge is 2.26. The molecule has 2 aromatic carbocycles. The molecule has 118 valence electrons. The van der Waals surface area contributed by atoms with Gasteiger partial charge in [0.05, 0.1) is 0 Å². The Morgan fingerprint density at radius 2 is 1.70 bits per heavy atom. The Balaban J connectivity index is 1.75. The summed E-state index contributed by atoms with van der Waals surface area (Å²) in [5, 5.41) is 0. The van der Waals surface area contributed by atoms with Crippen molar-refractivity contribution in [2.75, 3.05) is 18.0 Å². The number of primary amides is 1. The Morgan fingerprint density at radius 3 is 2.35 bits per heavy atom. The maximum Gasteiger partial charge on any atom is 0.324 e. The molecule has 5 heteroatoms. The van der Waals surface area contributed by atoms with Gasteiger partial charge in [-0.2, -0.15) is 0 Å². The van der Waals surface area contributed by atoms with Gasteiger partial charge >= 0.3 is 6.03 Å². The molecule has 1 saturated heterocycles. The van der Waals surface area contributed by atoms with Crippen molar-refractivity contribution >= 4 is 17.6 Å². The van der Waals surface area contributed by atoms with E-state index >= 15 is 0 Å². The zero-order valence-electron chi connectivity index (χ0n) is 12.8. The molecule has 0 spiro atoms. The first-order valence-corrected chi connectivity index (χ1v) is 7.65. The van der Waals surface area contributed by atoms with Crippen LogP contribution in [0.25, 0.3) is 0 Å². The van der Waals surface area contributed by atoms with Gasteiger partial charge in [0.25, 0.3) is 0 Å². The second-order valence-electron chi connectivity index (χ2n) is 5.61. The molecule has 1 aliphatic rings. The molecule has 0 saturated carbocycles. The van der Waals surface area contributed by atoms with E-state index in [1.807, 2.05) is 35.2 Å². The van der Waals surface area contributed by atoms with Crippen molar-refractivity contribution in [3.8, 4) is 0 Å². The number of urea groups is 1. The second-order valence-corrected chi connectivity index (χ2v) is 5.61. The molecule has 0 aromatic heterocycles. The fourth-order valence-corrected chi connectivity index (χ4v) is 2.78. The summed E-state index contributed by atoms with van der Waals surface area (Å²) in [4.78, 5) is 27.4. The lowest BCUT2D eigenvalue weighted by atomic mass is 10.1. The van der Waals surface area contributed by atoms with Crippen molar-refractivity contribution in [1.82, 2.24) is 4.90 Å². The van der Waals surface area contributed by atoms with Gasteiger partial charge in [0.1, 0.15) is 0 Å². The van der Waals surface area contributed by atoms with Crippen LogP contribution >= 0.6 is 0 Å². The average Bonchev–Trinajstić information content (AvgIpc) is 2.58. The van der Waals surface area contributed by atoms with Gasteiger partial charge in [-0.25, -0.2) is 4.79 Å². The number of hydrogen-bond donors (Lipinski definition) is 1. The van der Waals surface area contributed by atoms with Crippen molar-refractivity contribution in [1.29, 1.82) is 0 Å². The largest absolute Gasteiger partial charge is 0.366 e. The van der Waals surface area contributed by atoms with Gasteiger partial charge in [0.15, 0.2) is 0 Å². The molecule has 0 unspecified atom stereocenters. The van der Waals surface area contributed by atoms with Crippen LogP contribution in [0, 0.1) is 0 Å². The van der Waals surface area contributed by atoms with E-state index in [2.05, 4.69) is 0 Å². The third kappa shape index (κ3) is 3.34. The van der Waals surface area contributed by atoms with Crippen molar-refractivity contribution in [3.05, 3.63) is 65.7 Å². The number of hydrogen-bond acceptors (Lipinski definition) is 2. The molecule has 23 heavy (non-hydrogen) atoms. The Hall–Kier alpha value is -2.82. The lowest BCUT2D eigenvalue weighted by molar-refractivity contribution is 0.100. The van der Waals surface area contributed by atoms with E-state index in [9.17, 15) is 9.59 Å². The number of amides is 3. The third-order valence-corrected chi connectivity index (χ3v) is 3.99. The standard InChI is InChI=1S/C18H19N3O2/c19-17(22)15-7-9-16(10-8-15)21-12-4-11-20(18(21)23)13-14-5-2-1-3-6-14/h1-3,5-10H,4,11-13H2,(H2,19,22). The first-order valence-electron chi connectivity index (χ1n) is 7.65. The number of nitrogens with zero attached hydrogens (tertiary/aromatic N) is 2. The van der Waals surface area contributed by atoms with E-state index in [1.54, 1.807) is 29.2 Å². The van der Waals surface area contributed by atoms with Crippen LogP contribution in [-0.4, -0.2) is 29.9 Å². The number of nitrogens with two attached hydrogens (primary N) is 1. The van der Waals surface area contributed by atoms with E-state index in [4.69, 9.17) is 5.73 Å². The van der Waals surface area contributed by atoms with Gasteiger partial charge < -0.3 is 10.6 Å². The predicted octanol–water partition coefficient (Wildman–Crippen LogP) is 2.62. The van der Waals surface area contributed by atoms with Gasteiger partial charge in [-0.1, -0.05) is 30.3 Å². The zero-order chi connectivity index (χ0) is 16.2. The van der Waals surface area contributed by atoms with Crippen LogP contribution in [0.15, 0.2) is 54.6 Å². The van der Waals surface area contributed by atoms with Crippen molar-refractivity contribution in [2.45, 2.75) is 13.0 Å². The van der Waals surface area contributed by atoms with Gasteiger partial charge in [-0.15, -0.1) is 0 Å². The first-order chi connectivity index (χ1) is 11.1. The molecule has 1 fully saturated rings. The molecule has 5 nitrogen and oxygen atoms in total. The molecule has 0 bridgehead atoms. The monoisotopic (exact) mass is 309 g/mol. The molecule has 3 rings (SSSR count). The van der Waals surface area contributed by atoms with E-state index < -0.39 is 5.91 Å². The Labute approximate surface area is 135 Å². The highest BCUT2D eigenvalue weighted by Crippen LogP contribution is 2.22. The molecule has 1 aliphatic heterocycles. The lowest BCUT2D eigenvalue weighted by Gasteiger charge is -2.35. The summed E-state index contributed by atoms with van der Waals surface area (Å²) in [5.41, 5.74) is 7.60. The number of benzene rings is 2. The molecule has 3 amide bonds. The minimum Gasteiger partial charge on any atom is -0.366 e. The molecular formula is C18H19N3O2. The predicted molar refractivity (Wildman–Crippen MR) is 89.2 cm³/mol. The topological polar surface area (TPSA) is 66.6 Å². The Bertz CT molecular complexity index is 698. The van der Waals surface area contributed by atoms with Crippen LogP contribution in [0.4, 0.5) is 10.5 Å².